The summed E-state index contributed by atoms with van der Waals surface area (Å²) >= 11 is 0. The summed E-state index contributed by atoms with van der Waals surface area (Å²) in [5, 5.41) is 8.94. The van der Waals surface area contributed by atoms with Crippen molar-refractivity contribution in [1.82, 2.24) is 4.90 Å². The number of nitrogens with zero attached hydrogens (tertiary/aromatic N) is 1. The minimum Gasteiger partial charge on any atom is -0.481 e. The first kappa shape index (κ1) is 15.7. The number of benzene rings is 1. The van der Waals surface area contributed by atoms with E-state index in [0.29, 0.717) is 12.6 Å². The molecule has 1 unspecified atom stereocenters. The van der Waals surface area contributed by atoms with Gasteiger partial charge >= 0.3 is 5.97 Å². The van der Waals surface area contributed by atoms with Crippen molar-refractivity contribution in [2.45, 2.75) is 32.9 Å². The molecule has 4 nitrogen and oxygen atoms in total. The number of carbonyl (C=O) groups is 1. The Balaban J connectivity index is 2.81. The van der Waals surface area contributed by atoms with E-state index in [1.807, 2.05) is 24.3 Å². The van der Waals surface area contributed by atoms with E-state index in [2.05, 4.69) is 18.7 Å². The molecule has 0 fully saturated rings. The first-order valence-corrected chi connectivity index (χ1v) is 6.60. The van der Waals surface area contributed by atoms with Crippen LogP contribution in [-0.4, -0.2) is 42.3 Å². The summed E-state index contributed by atoms with van der Waals surface area (Å²) in [6, 6.07) is 8.04. The van der Waals surface area contributed by atoms with Gasteiger partial charge in [-0.3, -0.25) is 9.69 Å². The van der Waals surface area contributed by atoms with E-state index in [4.69, 9.17) is 9.84 Å². The van der Waals surface area contributed by atoms with Gasteiger partial charge in [-0.2, -0.15) is 0 Å². The molecule has 0 heterocycles. The monoisotopic (exact) mass is 265 g/mol. The number of aliphatic carboxylic acids is 1. The van der Waals surface area contributed by atoms with Crippen LogP contribution in [0.3, 0.4) is 0 Å². The van der Waals surface area contributed by atoms with Crippen molar-refractivity contribution in [1.29, 1.82) is 0 Å². The Morgan fingerprint density at radius 2 is 2.00 bits per heavy atom. The zero-order valence-corrected chi connectivity index (χ0v) is 11.9. The molecular formula is C15H23NO3. The van der Waals surface area contributed by atoms with E-state index in [0.717, 1.165) is 24.2 Å². The maximum Gasteiger partial charge on any atom is 0.307 e. The number of ether oxygens (including phenoxy) is 1. The van der Waals surface area contributed by atoms with Gasteiger partial charge in [-0.15, -0.1) is 0 Å². The van der Waals surface area contributed by atoms with E-state index in [1.54, 1.807) is 7.11 Å². The van der Waals surface area contributed by atoms with Crippen molar-refractivity contribution in [2.24, 2.45) is 0 Å². The number of methoxy groups -OCH3 is 1. The number of rotatable bonds is 8. The second-order valence-corrected chi connectivity index (χ2v) is 4.71. The summed E-state index contributed by atoms with van der Waals surface area (Å²) in [6.07, 6.45) is 0.0758. The Bertz CT molecular complexity index is 406. The van der Waals surface area contributed by atoms with Gasteiger partial charge in [0.1, 0.15) is 0 Å². The lowest BCUT2D eigenvalue weighted by Gasteiger charge is -2.28. The highest BCUT2D eigenvalue weighted by Gasteiger charge is 2.14. The number of carboxylic acid groups (broad SMARTS) is 1. The number of hydrogen-bond donors (Lipinski definition) is 1. The van der Waals surface area contributed by atoms with Crippen LogP contribution >= 0.6 is 0 Å². The second-order valence-electron chi connectivity index (χ2n) is 4.71. The molecule has 0 bridgehead atoms. The SMILES string of the molecule is CCN(Cc1ccccc1CC(=O)O)C(C)COC. The smallest absolute Gasteiger partial charge is 0.307 e. The topological polar surface area (TPSA) is 49.8 Å². The molecule has 1 aromatic rings. The molecule has 0 saturated heterocycles. The van der Waals surface area contributed by atoms with Gasteiger partial charge in [0.25, 0.3) is 0 Å². The van der Waals surface area contributed by atoms with Gasteiger partial charge in [0, 0.05) is 19.7 Å². The molecule has 0 aliphatic heterocycles. The largest absolute Gasteiger partial charge is 0.481 e. The van der Waals surface area contributed by atoms with E-state index >= 15 is 0 Å². The molecule has 0 aliphatic rings. The Kier molecular flexibility index (Phi) is 6.53. The highest BCUT2D eigenvalue weighted by molar-refractivity contribution is 5.70. The van der Waals surface area contributed by atoms with Crippen LogP contribution in [0.1, 0.15) is 25.0 Å². The Labute approximate surface area is 115 Å². The van der Waals surface area contributed by atoms with Gasteiger partial charge in [-0.1, -0.05) is 31.2 Å². The molecule has 106 valence electrons. The standard InChI is InChI=1S/C15H23NO3/c1-4-16(12(2)11-19-3)10-14-8-6-5-7-13(14)9-15(17)18/h5-8,12H,4,9-11H2,1-3H3,(H,17,18). The van der Waals surface area contributed by atoms with Gasteiger partial charge < -0.3 is 9.84 Å². The van der Waals surface area contributed by atoms with Gasteiger partial charge in [0.2, 0.25) is 0 Å². The molecule has 1 rings (SSSR count). The fourth-order valence-electron chi connectivity index (χ4n) is 2.19. The van der Waals surface area contributed by atoms with Crippen LogP contribution in [0.15, 0.2) is 24.3 Å². The molecule has 0 aliphatic carbocycles. The molecule has 1 aromatic carbocycles. The van der Waals surface area contributed by atoms with Crippen molar-refractivity contribution < 1.29 is 14.6 Å². The molecular weight excluding hydrogens is 242 g/mol. The van der Waals surface area contributed by atoms with Crippen molar-refractivity contribution in [3.8, 4) is 0 Å². The third-order valence-electron chi connectivity index (χ3n) is 3.27. The van der Waals surface area contributed by atoms with E-state index < -0.39 is 5.97 Å². The highest BCUT2D eigenvalue weighted by Crippen LogP contribution is 2.14. The van der Waals surface area contributed by atoms with Crippen molar-refractivity contribution in [3.63, 3.8) is 0 Å². The van der Waals surface area contributed by atoms with Crippen LogP contribution < -0.4 is 0 Å². The lowest BCUT2D eigenvalue weighted by Crippen LogP contribution is -2.35. The lowest BCUT2D eigenvalue weighted by molar-refractivity contribution is -0.136. The summed E-state index contributed by atoms with van der Waals surface area (Å²) < 4.78 is 5.18. The van der Waals surface area contributed by atoms with Crippen LogP contribution in [0.4, 0.5) is 0 Å². The number of hydrogen-bond acceptors (Lipinski definition) is 3. The van der Waals surface area contributed by atoms with Gasteiger partial charge in [-0.05, 0) is 24.6 Å². The first-order chi connectivity index (χ1) is 9.08. The van der Waals surface area contributed by atoms with E-state index in [9.17, 15) is 4.79 Å². The van der Waals surface area contributed by atoms with Crippen molar-refractivity contribution >= 4 is 5.97 Å². The van der Waals surface area contributed by atoms with Crippen molar-refractivity contribution in [3.05, 3.63) is 35.4 Å². The third-order valence-corrected chi connectivity index (χ3v) is 3.27. The summed E-state index contributed by atoms with van der Waals surface area (Å²) in [5.41, 5.74) is 1.97. The normalized spacial score (nSPS) is 12.6. The molecule has 1 N–H and O–H groups in total. The summed E-state index contributed by atoms with van der Waals surface area (Å²) in [4.78, 5) is 13.2. The van der Waals surface area contributed by atoms with Crippen LogP contribution in [0, 0.1) is 0 Å². The molecule has 4 heteroatoms. The molecule has 0 amide bonds. The van der Waals surface area contributed by atoms with Gasteiger partial charge in [-0.25, -0.2) is 0 Å². The minimum atomic E-state index is -0.791. The average Bonchev–Trinajstić information content (AvgIpc) is 2.37. The third kappa shape index (κ3) is 5.01. The van der Waals surface area contributed by atoms with E-state index in [-0.39, 0.29) is 6.42 Å². The van der Waals surface area contributed by atoms with Gasteiger partial charge in [0.05, 0.1) is 13.0 Å². The van der Waals surface area contributed by atoms with Crippen LogP contribution in [0.5, 0.6) is 0 Å². The molecule has 0 radical (unpaired) electrons. The Morgan fingerprint density at radius 3 is 2.53 bits per heavy atom. The summed E-state index contributed by atoms with van der Waals surface area (Å²) in [6.45, 7) is 6.56. The second kappa shape index (κ2) is 7.92. The van der Waals surface area contributed by atoms with Gasteiger partial charge in [0.15, 0.2) is 0 Å². The molecule has 0 saturated carbocycles. The number of carboxylic acids is 1. The molecule has 19 heavy (non-hydrogen) atoms. The quantitative estimate of drug-likeness (QED) is 0.782. The number of likely N-dealkylation sites (N-methyl/N-ethyl adjacent to an activating group) is 1. The predicted molar refractivity (Wildman–Crippen MR) is 75.2 cm³/mol. The molecule has 0 aromatic heterocycles. The molecule has 1 atom stereocenters. The fraction of sp³-hybridized carbons (Fsp3) is 0.533. The zero-order valence-electron chi connectivity index (χ0n) is 11.9. The minimum absolute atomic E-state index is 0.0758. The van der Waals surface area contributed by atoms with Crippen LogP contribution in [-0.2, 0) is 22.5 Å². The highest BCUT2D eigenvalue weighted by atomic mass is 16.5. The zero-order chi connectivity index (χ0) is 14.3. The first-order valence-electron chi connectivity index (χ1n) is 6.60. The fourth-order valence-corrected chi connectivity index (χ4v) is 2.19. The lowest BCUT2D eigenvalue weighted by atomic mass is 10.0. The molecule has 0 spiro atoms. The Hall–Kier alpha value is -1.39. The average molecular weight is 265 g/mol. The summed E-state index contributed by atoms with van der Waals surface area (Å²) in [5.74, 6) is -0.791. The van der Waals surface area contributed by atoms with Crippen LogP contribution in [0.2, 0.25) is 0 Å². The maximum absolute atomic E-state index is 10.9. The predicted octanol–water partition coefficient (Wildman–Crippen LogP) is 2.17. The maximum atomic E-state index is 10.9. The Morgan fingerprint density at radius 1 is 1.37 bits per heavy atom. The summed E-state index contributed by atoms with van der Waals surface area (Å²) in [7, 11) is 1.70. The van der Waals surface area contributed by atoms with Crippen molar-refractivity contribution in [2.75, 3.05) is 20.3 Å². The van der Waals surface area contributed by atoms with E-state index in [1.165, 1.54) is 0 Å². The van der Waals surface area contributed by atoms with Crippen LogP contribution in [0.25, 0.3) is 0 Å².